The summed E-state index contributed by atoms with van der Waals surface area (Å²) in [6, 6.07) is 39.7. The Kier molecular flexibility index (Phi) is 15.4. The minimum atomic E-state index is -4.60. The van der Waals surface area contributed by atoms with Crippen LogP contribution in [0.3, 0.4) is 0 Å². The number of fused-ring (bicyclic) bond motifs is 10. The van der Waals surface area contributed by atoms with Gasteiger partial charge in [0, 0.05) is 76.8 Å². The van der Waals surface area contributed by atoms with Gasteiger partial charge in [-0.2, -0.15) is 0 Å². The average Bonchev–Trinajstić information content (AvgIpc) is 0.783. The molecule has 7 aliphatic rings. The topological polar surface area (TPSA) is 191 Å². The van der Waals surface area contributed by atoms with E-state index >= 15 is 9.59 Å². The summed E-state index contributed by atoms with van der Waals surface area (Å²) in [6.45, 7) is 7.90. The van der Waals surface area contributed by atoms with Crippen molar-refractivity contribution < 1.29 is 46.4 Å². The number of quaternary nitrogens is 1. The van der Waals surface area contributed by atoms with Crippen LogP contribution in [0, 0.1) is 33.8 Å². The molecule has 2 aromatic heterocycles. The Morgan fingerprint density at radius 2 is 1.28 bits per heavy atom. The lowest BCUT2D eigenvalue weighted by atomic mass is 9.70. The number of rotatable bonds is 20. The molecule has 6 aromatic carbocycles. The van der Waals surface area contributed by atoms with E-state index in [-0.39, 0.29) is 82.2 Å². The van der Waals surface area contributed by atoms with Crippen molar-refractivity contribution in [3.05, 3.63) is 206 Å². The standard InChI is InChI=1S/C69H70N6O10S/c1-5-43-39-73-32-28-45(43)35-59(73)68(52-26-30-70-56-22-20-48(82-3)37-54(52)56)84-61-24-25-62(65-64(61)66(76)50-16-10-11-17-51(50)67(65)77)85-69(53-27-31-71-57-23-21-49(83-4)38-55(53)57)60-36-46-29-33-75(60,40-44(46)6-2)41-47(34-42-14-8-7-9-15-42)72-86(80,81)63-19-13-12-18-58(63)74(78)79/h7-27,30-31,37-38,43-47,59-60,68-69H,5-6,28-29,32-36,39-41H2,1-4H3/t43-,44-,45-,46-,47?,59+,60+,68-,69-,75-/m0/s1. The molecule has 442 valence electrons. The summed E-state index contributed by atoms with van der Waals surface area (Å²) in [4.78, 5) is 54.8. The van der Waals surface area contributed by atoms with Crippen molar-refractivity contribution >= 4 is 49.1 Å². The second-order valence-electron chi connectivity index (χ2n) is 24.2. The number of carbonyl (C=O) groups is 2. The summed E-state index contributed by atoms with van der Waals surface area (Å²) in [5.74, 6) is 2.62. The number of nitrogens with zero attached hydrogens (tertiary/aromatic N) is 6. The number of ketones is 2. The van der Waals surface area contributed by atoms with Crippen molar-refractivity contribution in [2.45, 2.75) is 94.0 Å². The lowest BCUT2D eigenvalue weighted by molar-refractivity contribution is -0.973. The number of hydrogen-bond donors (Lipinski definition) is 0. The summed E-state index contributed by atoms with van der Waals surface area (Å²) in [5.41, 5.74) is 4.21. The molecule has 16 nitrogen and oxygen atoms in total. The molecule has 0 saturated carbocycles. The maximum atomic E-state index is 15.7. The highest BCUT2D eigenvalue weighted by Gasteiger charge is 2.56. The molecule has 1 aliphatic carbocycles. The van der Waals surface area contributed by atoms with Gasteiger partial charge < -0.3 is 28.2 Å². The molecule has 17 heteroatoms. The Balaban J connectivity index is 0.975. The van der Waals surface area contributed by atoms with E-state index in [1.165, 1.54) is 24.3 Å². The fourth-order valence-electron chi connectivity index (χ4n) is 15.5. The lowest BCUT2D eigenvalue weighted by Crippen LogP contribution is -2.70. The van der Waals surface area contributed by atoms with Gasteiger partial charge in [-0.15, -0.1) is 0 Å². The van der Waals surface area contributed by atoms with Crippen molar-refractivity contribution in [2.24, 2.45) is 23.7 Å². The molecule has 6 saturated heterocycles. The van der Waals surface area contributed by atoms with Crippen molar-refractivity contribution in [3.8, 4) is 23.0 Å². The fourth-order valence-corrected chi connectivity index (χ4v) is 16.8. The van der Waals surface area contributed by atoms with Gasteiger partial charge in [0.15, 0.2) is 17.7 Å². The second kappa shape index (κ2) is 23.3. The van der Waals surface area contributed by atoms with E-state index in [0.29, 0.717) is 52.8 Å². The average molecular weight is 1180 g/mol. The Morgan fingerprint density at radius 3 is 1.87 bits per heavy atom. The largest absolute Gasteiger partial charge is 0.537 e. The number of hydrogen-bond acceptors (Lipinski definition) is 13. The van der Waals surface area contributed by atoms with Gasteiger partial charge in [-0.3, -0.25) is 34.6 Å². The number of carbonyl (C=O) groups excluding carboxylic acids is 2. The maximum absolute atomic E-state index is 15.7. The molecular formula is C69H70N6O10S. The van der Waals surface area contributed by atoms with E-state index in [2.05, 4.69) is 18.7 Å². The van der Waals surface area contributed by atoms with Gasteiger partial charge >= 0.3 is 0 Å². The van der Waals surface area contributed by atoms with Gasteiger partial charge in [0.2, 0.25) is 0 Å². The number of piperidine rings is 6. The SMILES string of the molecule is CC[C@H]1CN2CC[C@H]1C[C@@H]2[C@@H](Oc1ccc(O[C@@H](c2ccnc3ccc(OC)cc23)[C@H]2C[C@@H]3CC[N@@+]2(CC(Cc2ccccc2)[N-]S(=O)(=O)c2ccccc2[N+](=O)[O-])C[C@@H]3CC)c2c1C(=O)c1ccccc1C2=O)c1ccnc2ccc(OC)cc12. The number of pyridine rings is 2. The first kappa shape index (κ1) is 57.0. The molecular weight excluding hydrogens is 1100 g/mol. The van der Waals surface area contributed by atoms with Crippen LogP contribution in [0.1, 0.15) is 113 Å². The lowest BCUT2D eigenvalue weighted by Gasteiger charge is -2.60. The zero-order valence-corrected chi connectivity index (χ0v) is 49.6. The summed E-state index contributed by atoms with van der Waals surface area (Å²) in [6.07, 6.45) is 7.87. The fraction of sp³-hybridized carbons (Fsp3) is 0.362. The smallest absolute Gasteiger partial charge is 0.286 e. The third kappa shape index (κ3) is 10.3. The molecule has 2 unspecified atom stereocenters. The van der Waals surface area contributed by atoms with Crippen molar-refractivity contribution in [3.63, 3.8) is 0 Å². The van der Waals surface area contributed by atoms with Crippen LogP contribution in [0.25, 0.3) is 26.5 Å². The van der Waals surface area contributed by atoms with E-state index in [9.17, 15) is 18.5 Å². The van der Waals surface area contributed by atoms with Crippen molar-refractivity contribution in [2.75, 3.05) is 46.9 Å². The van der Waals surface area contributed by atoms with Crippen molar-refractivity contribution in [1.29, 1.82) is 0 Å². The van der Waals surface area contributed by atoms with Gasteiger partial charge in [0.1, 0.15) is 50.1 Å². The number of ether oxygens (including phenoxy) is 4. The van der Waals surface area contributed by atoms with Crippen LogP contribution in [0.2, 0.25) is 0 Å². The normalized spacial score (nSPS) is 24.2. The number of para-hydroxylation sites is 1. The van der Waals surface area contributed by atoms with Gasteiger partial charge in [0.25, 0.3) is 5.69 Å². The third-order valence-electron chi connectivity index (χ3n) is 19.7. The maximum Gasteiger partial charge on any atom is 0.286 e. The molecule has 8 heterocycles. The van der Waals surface area contributed by atoms with E-state index in [0.717, 1.165) is 78.2 Å². The Labute approximate surface area is 501 Å². The molecule has 11 atom stereocenters. The minimum absolute atomic E-state index is 0.0687. The minimum Gasteiger partial charge on any atom is -0.537 e. The van der Waals surface area contributed by atoms with Gasteiger partial charge in [-0.1, -0.05) is 93.0 Å². The quantitative estimate of drug-likeness (QED) is 0.0398. The summed E-state index contributed by atoms with van der Waals surface area (Å²) >= 11 is 0. The number of sulfonamides is 1. The third-order valence-corrected chi connectivity index (χ3v) is 21.2. The Hall–Kier alpha value is -8.09. The summed E-state index contributed by atoms with van der Waals surface area (Å²) in [5, 5.41) is 14.0. The number of nitro benzene ring substituents is 1. The molecule has 0 amide bonds. The monoisotopic (exact) mass is 1170 g/mol. The predicted molar refractivity (Wildman–Crippen MR) is 328 cm³/mol. The molecule has 86 heavy (non-hydrogen) atoms. The number of methoxy groups -OCH3 is 2. The Bertz CT molecular complexity index is 4050. The summed E-state index contributed by atoms with van der Waals surface area (Å²) < 4.78 is 61.4. The first-order valence-corrected chi connectivity index (χ1v) is 31.6. The zero-order chi connectivity index (χ0) is 59.4. The number of benzene rings is 6. The van der Waals surface area contributed by atoms with Crippen LogP contribution in [0.5, 0.6) is 23.0 Å². The van der Waals surface area contributed by atoms with Gasteiger partial charge in [-0.05, 0) is 122 Å². The van der Waals surface area contributed by atoms with Crippen LogP contribution >= 0.6 is 0 Å². The van der Waals surface area contributed by atoms with Crippen LogP contribution in [-0.2, 0) is 16.4 Å². The molecule has 8 aromatic rings. The molecule has 6 fully saturated rings. The molecule has 0 N–H and O–H groups in total. The first-order chi connectivity index (χ1) is 41.8. The van der Waals surface area contributed by atoms with Gasteiger partial charge in [-0.25, -0.2) is 8.42 Å². The highest BCUT2D eigenvalue weighted by Crippen LogP contribution is 2.52. The molecule has 0 radical (unpaired) electrons. The highest BCUT2D eigenvalue weighted by molar-refractivity contribution is 7.94. The first-order valence-electron chi connectivity index (χ1n) is 30.2. The van der Waals surface area contributed by atoms with Crippen LogP contribution in [0.4, 0.5) is 5.69 Å². The van der Waals surface area contributed by atoms with Crippen LogP contribution < -0.4 is 18.9 Å². The van der Waals surface area contributed by atoms with Crippen LogP contribution in [-0.4, -0.2) is 109 Å². The van der Waals surface area contributed by atoms with Crippen LogP contribution in [0.15, 0.2) is 157 Å². The molecule has 0 spiro atoms. The molecule has 6 aliphatic heterocycles. The summed E-state index contributed by atoms with van der Waals surface area (Å²) in [7, 11) is -1.34. The number of nitro groups is 1. The zero-order valence-electron chi connectivity index (χ0n) is 48.8. The van der Waals surface area contributed by atoms with E-state index in [1.54, 1.807) is 63.0 Å². The van der Waals surface area contributed by atoms with Crippen molar-refractivity contribution in [1.82, 2.24) is 14.9 Å². The predicted octanol–water partition coefficient (Wildman–Crippen LogP) is 12.9. The van der Waals surface area contributed by atoms with E-state index in [4.69, 9.17) is 33.6 Å². The van der Waals surface area contributed by atoms with E-state index < -0.39 is 43.8 Å². The molecule has 4 bridgehead atoms. The second-order valence-corrected chi connectivity index (χ2v) is 25.8. The van der Waals surface area contributed by atoms with E-state index in [1.807, 2.05) is 78.9 Å². The number of aromatic nitrogens is 2. The Morgan fingerprint density at radius 1 is 0.698 bits per heavy atom. The highest BCUT2D eigenvalue weighted by atomic mass is 32.2. The van der Waals surface area contributed by atoms with Gasteiger partial charge in [0.05, 0.1) is 67.0 Å². The molecule has 15 rings (SSSR count).